The summed E-state index contributed by atoms with van der Waals surface area (Å²) in [4.78, 5) is 97.7. The highest BCUT2D eigenvalue weighted by molar-refractivity contribution is 7.66. The Hall–Kier alpha value is -5.15. The van der Waals surface area contributed by atoms with Gasteiger partial charge in [0.25, 0.3) is 17.1 Å². The number of nitrogens with zero attached hydrogens (tertiary/aromatic N) is 10. The maximum Gasteiger partial charge on any atom is 0.490 e. The molecule has 0 aromatic carbocycles. The number of phosphoric acid groups is 3. The largest absolute Gasteiger partial charge is 0.490 e. The second-order valence-corrected chi connectivity index (χ2v) is 25.0. The SMILES string of the molecule is CCCN[C@@H](O)C[C@H]1[C@@H](O)[C@H]([n+]2cn(C)c3c(=O)[nH]c(N)nc32)O[C@@H]1COP(=O)(O)OP(=O)(O)OP(=O)(O)OC[C@H]1O[C@@H](n2cnc3c(N)ncnc32)[C@H](OC)[C@@H]1P(=O)(O)OC[C@H]1O[C@@H](n2cnc3c(=O)[nH]c(N)nc32)[C@H](O)[C@@H]1O. The molecule has 0 spiro atoms. The molecule has 3 fully saturated rings. The van der Waals surface area contributed by atoms with Crippen molar-refractivity contribution >= 4 is 82.3 Å². The van der Waals surface area contributed by atoms with Crippen molar-refractivity contribution in [2.75, 3.05) is 50.7 Å². The lowest BCUT2D eigenvalue weighted by atomic mass is 9.93. The van der Waals surface area contributed by atoms with Gasteiger partial charge in [0.05, 0.1) is 45.6 Å². The molecule has 0 bridgehead atoms. The number of aliphatic hydroxyl groups excluding tert-OH is 4. The van der Waals surface area contributed by atoms with Gasteiger partial charge in [-0.25, -0.2) is 38.2 Å². The number of imidazole rings is 3. The molecule has 0 amide bonds. The Labute approximate surface area is 446 Å². The van der Waals surface area contributed by atoms with Gasteiger partial charge in [0.2, 0.25) is 17.7 Å². The highest BCUT2D eigenvalue weighted by Crippen LogP contribution is 2.68. The molecular weight excluding hydrogens is 1160 g/mol. The highest BCUT2D eigenvalue weighted by Gasteiger charge is 2.58. The number of rotatable bonds is 23. The number of methoxy groups -OCH3 is 1. The van der Waals surface area contributed by atoms with Crippen LogP contribution in [0.1, 0.15) is 38.4 Å². The summed E-state index contributed by atoms with van der Waals surface area (Å²) in [5, 5.41) is 47.1. The van der Waals surface area contributed by atoms with Gasteiger partial charge >= 0.3 is 36.7 Å². The smallest absolute Gasteiger partial charge is 0.387 e. The first-order chi connectivity index (χ1) is 37.6. The molecule has 17 atom stereocenters. The molecular formula is C37H55N16O23P4+. The first-order valence-electron chi connectivity index (χ1n) is 23.7. The number of aryl methyl sites for hydroxylation is 1. The van der Waals surface area contributed by atoms with Crippen molar-refractivity contribution < 1.29 is 104 Å². The lowest BCUT2D eigenvalue weighted by Crippen LogP contribution is -2.46. The summed E-state index contributed by atoms with van der Waals surface area (Å²) in [6, 6.07) is 0. The van der Waals surface area contributed by atoms with Crippen molar-refractivity contribution in [2.45, 2.75) is 93.1 Å². The third kappa shape index (κ3) is 12.0. The summed E-state index contributed by atoms with van der Waals surface area (Å²) in [6.07, 6.45) is -12.5. The minimum Gasteiger partial charge on any atom is -0.387 e. The van der Waals surface area contributed by atoms with Gasteiger partial charge in [-0.2, -0.15) is 13.6 Å². The van der Waals surface area contributed by atoms with E-state index in [0.717, 1.165) is 30.7 Å². The molecule has 17 N–H and O–H groups in total. The van der Waals surface area contributed by atoms with Crippen LogP contribution in [0.25, 0.3) is 33.5 Å². The second-order valence-electron chi connectivity index (χ2n) is 18.4. The van der Waals surface area contributed by atoms with E-state index in [-0.39, 0.29) is 57.6 Å². The highest BCUT2D eigenvalue weighted by atomic mass is 31.3. The minimum atomic E-state index is -6.24. The van der Waals surface area contributed by atoms with Gasteiger partial charge in [-0.1, -0.05) is 11.9 Å². The molecule has 3 aliphatic heterocycles. The predicted molar refractivity (Wildman–Crippen MR) is 264 cm³/mol. The number of aromatic amines is 2. The molecule has 0 radical (unpaired) electrons. The number of fused-ring (bicyclic) bond motifs is 3. The number of H-pyrrole nitrogens is 2. The standard InChI is InChI=1S/C37H54N16O23P4/c1-4-5-41-18(54)6-14-15(72-33(22(14)55)53-13-50(2)21-30(53)47-37(40)49-32(21)59)7-70-78(62,63)75-80(66,67)76-79(64,65)71-9-17-26(25(68-3)35(74-17)51-11-44-19-27(38)42-10-43-28(19)51)77(60,61)69-8-16-23(56)24(57)34(73-16)52-12-45-20-29(52)46-36(39)48-31(20)58/h10-18,22-26,33-35,41,54-57H,4-9H2,1-3H3,(H11-,38,39,40,42,43,46,47,48,49,58,59,60,61,62,63,64,65,66,67)/p+1/t14-,15-,16-,17-,18+,22-,23-,24-,25-,26-,33-,34-,35-/m1/s1. The first kappa shape index (κ1) is 59.5. The number of aliphatic hydroxyl groups is 4. The van der Waals surface area contributed by atoms with Crippen molar-refractivity contribution in [1.82, 2.24) is 58.9 Å². The molecule has 4 unspecified atom stereocenters. The van der Waals surface area contributed by atoms with Crippen LogP contribution in [-0.2, 0) is 66.4 Å². The van der Waals surface area contributed by atoms with Crippen LogP contribution in [0.3, 0.4) is 0 Å². The summed E-state index contributed by atoms with van der Waals surface area (Å²) in [5.74, 6) is -1.85. The fourth-order valence-corrected chi connectivity index (χ4v) is 14.8. The first-order valence-corrected chi connectivity index (χ1v) is 29.8. The van der Waals surface area contributed by atoms with Crippen LogP contribution in [-0.4, -0.2) is 182 Å². The molecule has 9 rings (SSSR count). The van der Waals surface area contributed by atoms with Crippen molar-refractivity contribution in [3.63, 3.8) is 0 Å². The Morgan fingerprint density at radius 2 is 1.38 bits per heavy atom. The minimum absolute atomic E-state index is 0.00601. The predicted octanol–water partition coefficient (Wildman–Crippen LogP) is -3.68. The molecule has 39 nitrogen and oxygen atoms in total. The molecule has 3 aliphatic rings. The van der Waals surface area contributed by atoms with Gasteiger partial charge in [0.1, 0.15) is 60.4 Å². The number of ether oxygens (including phenoxy) is 4. The van der Waals surface area contributed by atoms with E-state index >= 15 is 0 Å². The van der Waals surface area contributed by atoms with E-state index in [1.807, 2.05) is 6.92 Å². The average Bonchev–Trinajstić information content (AvgIpc) is 4.43. The van der Waals surface area contributed by atoms with E-state index in [1.54, 1.807) is 0 Å². The molecule has 9 heterocycles. The van der Waals surface area contributed by atoms with Gasteiger partial charge in [-0.15, -0.1) is 0 Å². The molecule has 6 aromatic rings. The van der Waals surface area contributed by atoms with Gasteiger partial charge in [-0.3, -0.25) is 52.2 Å². The number of anilines is 3. The molecule has 3 saturated heterocycles. The zero-order valence-corrected chi connectivity index (χ0v) is 45.3. The van der Waals surface area contributed by atoms with Gasteiger partial charge in [0.15, 0.2) is 41.4 Å². The van der Waals surface area contributed by atoms with Crippen LogP contribution in [0, 0.1) is 5.92 Å². The summed E-state index contributed by atoms with van der Waals surface area (Å²) < 4.78 is 107. The van der Waals surface area contributed by atoms with Crippen LogP contribution in [0.4, 0.5) is 17.7 Å². The maximum absolute atomic E-state index is 14.5. The normalized spacial score (nSPS) is 29.7. The quantitative estimate of drug-likeness (QED) is 0.0167. The number of nitrogens with one attached hydrogen (secondary N) is 3. The monoisotopic (exact) mass is 1220 g/mol. The number of aromatic nitrogens is 12. The fraction of sp³-hybridized carbons (Fsp3) is 0.595. The Balaban J connectivity index is 0.895. The fourth-order valence-electron chi connectivity index (χ4n) is 9.52. The van der Waals surface area contributed by atoms with Crippen molar-refractivity contribution in [3.8, 4) is 0 Å². The molecule has 80 heavy (non-hydrogen) atoms. The molecule has 0 saturated carbocycles. The Morgan fingerprint density at radius 3 is 2.05 bits per heavy atom. The topological polar surface area (TPSA) is 565 Å². The van der Waals surface area contributed by atoms with Crippen LogP contribution < -0.4 is 38.2 Å². The van der Waals surface area contributed by atoms with Crippen LogP contribution in [0.15, 0.2) is 34.9 Å². The average molecular weight is 1220 g/mol. The summed E-state index contributed by atoms with van der Waals surface area (Å²) in [7, 11) is -20.9. The van der Waals surface area contributed by atoms with Gasteiger partial charge in [-0.05, 0) is 19.4 Å². The maximum atomic E-state index is 14.5. The third-order valence-electron chi connectivity index (χ3n) is 13.0. The number of phosphoric ester groups is 2. The summed E-state index contributed by atoms with van der Waals surface area (Å²) in [5.41, 5.74) is 13.7. The van der Waals surface area contributed by atoms with Crippen molar-refractivity contribution in [3.05, 3.63) is 46.0 Å². The number of nitrogen functional groups attached to an aromatic ring is 3. The zero-order valence-electron chi connectivity index (χ0n) is 41.8. The number of nitrogens with two attached hydrogens (primary N) is 3. The van der Waals surface area contributed by atoms with E-state index in [0.29, 0.717) is 13.0 Å². The van der Waals surface area contributed by atoms with Crippen molar-refractivity contribution in [2.24, 2.45) is 13.0 Å². The Kier molecular flexibility index (Phi) is 17.0. The van der Waals surface area contributed by atoms with E-state index in [4.69, 9.17) is 49.7 Å². The lowest BCUT2D eigenvalue weighted by molar-refractivity contribution is -0.745. The number of hydrogen-bond donors (Lipinski definition) is 14. The van der Waals surface area contributed by atoms with Crippen LogP contribution in [0.2, 0.25) is 0 Å². The van der Waals surface area contributed by atoms with Crippen LogP contribution in [0.5, 0.6) is 0 Å². The lowest BCUT2D eigenvalue weighted by Gasteiger charge is -2.28. The molecule has 440 valence electrons. The second kappa shape index (κ2) is 22.9. The molecule has 0 aliphatic carbocycles. The van der Waals surface area contributed by atoms with E-state index in [9.17, 15) is 67.8 Å². The third-order valence-corrected chi connectivity index (χ3v) is 19.2. The van der Waals surface area contributed by atoms with E-state index in [2.05, 4.69) is 53.8 Å². The van der Waals surface area contributed by atoms with Crippen LogP contribution >= 0.6 is 31.1 Å². The van der Waals surface area contributed by atoms with Crippen molar-refractivity contribution in [1.29, 1.82) is 0 Å². The summed E-state index contributed by atoms with van der Waals surface area (Å²) >= 11 is 0. The Morgan fingerprint density at radius 1 is 0.762 bits per heavy atom. The van der Waals surface area contributed by atoms with Gasteiger partial charge in [0, 0.05) is 13.0 Å². The van der Waals surface area contributed by atoms with E-state index < -0.39 is 141 Å². The Bertz CT molecular complexity index is 3590. The zero-order chi connectivity index (χ0) is 58.0. The molecule has 6 aromatic heterocycles. The van der Waals surface area contributed by atoms with E-state index in [1.165, 1.54) is 27.1 Å². The summed E-state index contributed by atoms with van der Waals surface area (Å²) in [6.45, 7) is -1.14. The molecule has 43 heteroatoms. The van der Waals surface area contributed by atoms with Gasteiger partial charge < -0.3 is 80.7 Å². The number of hydrogen-bond acceptors (Lipinski definition) is 29.